The molecule has 1 heterocycles. The minimum atomic E-state index is -0.529. The van der Waals surface area contributed by atoms with E-state index in [0.29, 0.717) is 10.7 Å². The number of aryl methyl sites for hydroxylation is 1. The van der Waals surface area contributed by atoms with Crippen LogP contribution in [0.1, 0.15) is 12.0 Å². The number of anilines is 1. The first-order chi connectivity index (χ1) is 9.97. The fourth-order valence-corrected chi connectivity index (χ4v) is 1.92. The van der Waals surface area contributed by atoms with Crippen LogP contribution in [0.4, 0.5) is 11.4 Å². The van der Waals surface area contributed by atoms with Gasteiger partial charge in [-0.05, 0) is 24.6 Å². The first-order valence-corrected chi connectivity index (χ1v) is 6.57. The normalized spacial score (nSPS) is 10.4. The van der Waals surface area contributed by atoms with E-state index in [9.17, 15) is 14.9 Å². The Hall–Kier alpha value is -2.41. The molecule has 0 atom stereocenters. The van der Waals surface area contributed by atoms with Gasteiger partial charge in [0.2, 0.25) is 5.91 Å². The van der Waals surface area contributed by atoms with Gasteiger partial charge < -0.3 is 5.32 Å². The lowest BCUT2D eigenvalue weighted by Gasteiger charge is -2.09. The Morgan fingerprint density at radius 3 is 2.95 bits per heavy atom. The van der Waals surface area contributed by atoms with Gasteiger partial charge in [-0.15, -0.1) is 0 Å². The number of hydrogen-bond donors (Lipinski definition) is 1. The summed E-state index contributed by atoms with van der Waals surface area (Å²) in [6.45, 7) is 2.08. The third-order valence-electron chi connectivity index (χ3n) is 2.94. The van der Waals surface area contributed by atoms with Gasteiger partial charge in [0.05, 0.1) is 4.92 Å². The van der Waals surface area contributed by atoms with E-state index in [2.05, 4.69) is 10.4 Å². The monoisotopic (exact) mass is 308 g/mol. The average molecular weight is 309 g/mol. The van der Waals surface area contributed by atoms with Gasteiger partial charge >= 0.3 is 5.69 Å². The second-order valence-corrected chi connectivity index (χ2v) is 4.84. The number of benzene rings is 1. The summed E-state index contributed by atoms with van der Waals surface area (Å²) in [7, 11) is 0. The molecule has 7 nitrogen and oxygen atoms in total. The van der Waals surface area contributed by atoms with Crippen molar-refractivity contribution in [2.75, 3.05) is 5.32 Å². The molecule has 1 amide bonds. The summed E-state index contributed by atoms with van der Waals surface area (Å²) < 4.78 is 1.36. The van der Waals surface area contributed by atoms with Crippen molar-refractivity contribution in [1.82, 2.24) is 9.78 Å². The summed E-state index contributed by atoms with van der Waals surface area (Å²) in [5, 5.41) is 17.7. The highest BCUT2D eigenvalue weighted by atomic mass is 35.5. The van der Waals surface area contributed by atoms with E-state index in [-0.39, 0.29) is 24.6 Å². The second kappa shape index (κ2) is 6.36. The highest BCUT2D eigenvalue weighted by molar-refractivity contribution is 6.31. The Kier molecular flexibility index (Phi) is 4.54. The Morgan fingerprint density at radius 2 is 2.29 bits per heavy atom. The van der Waals surface area contributed by atoms with Crippen molar-refractivity contribution in [3.05, 3.63) is 51.3 Å². The largest absolute Gasteiger partial charge is 0.326 e. The number of carbonyl (C=O) groups excluding carboxylic acids is 1. The Balaban J connectivity index is 1.92. The molecule has 0 fully saturated rings. The Morgan fingerprint density at radius 1 is 1.52 bits per heavy atom. The van der Waals surface area contributed by atoms with Gasteiger partial charge in [0, 0.05) is 23.7 Å². The maximum absolute atomic E-state index is 11.9. The first-order valence-electron chi connectivity index (χ1n) is 6.19. The topological polar surface area (TPSA) is 90.1 Å². The SMILES string of the molecule is Cc1c(Cl)cccc1NC(=O)CCn1cc([N+](=O)[O-])cn1. The number of nitrogens with zero attached hydrogens (tertiary/aromatic N) is 3. The fraction of sp³-hybridized carbons (Fsp3) is 0.231. The average Bonchev–Trinajstić information content (AvgIpc) is 2.91. The maximum atomic E-state index is 11.9. The Labute approximate surface area is 125 Å². The molecule has 0 saturated carbocycles. The second-order valence-electron chi connectivity index (χ2n) is 4.43. The Bertz CT molecular complexity index is 684. The van der Waals surface area contributed by atoms with Gasteiger partial charge in [0.25, 0.3) is 0 Å². The standard InChI is InChI=1S/C13H13ClN4O3/c1-9-11(14)3-2-4-12(9)16-13(19)5-6-17-8-10(7-15-17)18(20)21/h2-4,7-8H,5-6H2,1H3,(H,16,19). The lowest BCUT2D eigenvalue weighted by Crippen LogP contribution is -2.15. The van der Waals surface area contributed by atoms with E-state index in [1.165, 1.54) is 10.9 Å². The summed E-state index contributed by atoms with van der Waals surface area (Å²) in [4.78, 5) is 21.9. The van der Waals surface area contributed by atoms with Crippen LogP contribution in [0.5, 0.6) is 0 Å². The van der Waals surface area contributed by atoms with Gasteiger partial charge in [-0.25, -0.2) is 0 Å². The third kappa shape index (κ3) is 3.79. The molecule has 0 aliphatic rings. The summed E-state index contributed by atoms with van der Waals surface area (Å²) in [6, 6.07) is 5.26. The molecule has 1 aromatic heterocycles. The molecule has 0 spiro atoms. The number of nitrogens with one attached hydrogen (secondary N) is 1. The molecule has 0 aliphatic heterocycles. The molecule has 1 aromatic carbocycles. The molecule has 1 N–H and O–H groups in total. The molecule has 2 rings (SSSR count). The lowest BCUT2D eigenvalue weighted by atomic mass is 10.2. The summed E-state index contributed by atoms with van der Waals surface area (Å²) in [5.74, 6) is -0.210. The predicted octanol–water partition coefficient (Wildman–Crippen LogP) is 2.78. The molecule has 110 valence electrons. The predicted molar refractivity (Wildman–Crippen MR) is 78.3 cm³/mol. The molecule has 0 bridgehead atoms. The molecular formula is C13H13ClN4O3. The maximum Gasteiger partial charge on any atom is 0.306 e. The van der Waals surface area contributed by atoms with Crippen molar-refractivity contribution in [3.8, 4) is 0 Å². The first kappa shape index (κ1) is 15.0. The van der Waals surface area contributed by atoms with Crippen LogP contribution >= 0.6 is 11.6 Å². The van der Waals surface area contributed by atoms with E-state index < -0.39 is 4.92 Å². The minimum Gasteiger partial charge on any atom is -0.326 e. The molecule has 8 heteroatoms. The quantitative estimate of drug-likeness (QED) is 0.679. The molecule has 0 aliphatic carbocycles. The van der Waals surface area contributed by atoms with Crippen LogP contribution < -0.4 is 5.32 Å². The number of rotatable bonds is 5. The zero-order valence-corrected chi connectivity index (χ0v) is 12.0. The smallest absolute Gasteiger partial charge is 0.306 e. The molecule has 21 heavy (non-hydrogen) atoms. The number of halogens is 1. The van der Waals surface area contributed by atoms with Crippen LogP contribution in [0.2, 0.25) is 5.02 Å². The fourth-order valence-electron chi connectivity index (χ4n) is 1.74. The minimum absolute atomic E-state index is 0.0962. The van der Waals surface area contributed by atoms with E-state index in [1.807, 2.05) is 6.92 Å². The van der Waals surface area contributed by atoms with Crippen LogP contribution in [-0.2, 0) is 11.3 Å². The van der Waals surface area contributed by atoms with Crippen molar-refractivity contribution in [3.63, 3.8) is 0 Å². The van der Waals surface area contributed by atoms with E-state index >= 15 is 0 Å². The van der Waals surface area contributed by atoms with Crippen molar-refractivity contribution in [2.45, 2.75) is 19.9 Å². The van der Waals surface area contributed by atoms with Crippen molar-refractivity contribution in [2.24, 2.45) is 0 Å². The van der Waals surface area contributed by atoms with Crippen molar-refractivity contribution < 1.29 is 9.72 Å². The number of aromatic nitrogens is 2. The van der Waals surface area contributed by atoms with Gasteiger partial charge in [0.15, 0.2) is 0 Å². The van der Waals surface area contributed by atoms with Gasteiger partial charge in [-0.2, -0.15) is 5.10 Å². The number of carbonyl (C=O) groups is 1. The molecule has 0 radical (unpaired) electrons. The van der Waals surface area contributed by atoms with Crippen LogP contribution in [0, 0.1) is 17.0 Å². The zero-order valence-electron chi connectivity index (χ0n) is 11.2. The van der Waals surface area contributed by atoms with Gasteiger partial charge in [0.1, 0.15) is 12.4 Å². The van der Waals surface area contributed by atoms with Gasteiger partial charge in [-0.1, -0.05) is 17.7 Å². The van der Waals surface area contributed by atoms with E-state index in [1.54, 1.807) is 18.2 Å². The zero-order chi connectivity index (χ0) is 15.4. The molecular weight excluding hydrogens is 296 g/mol. The van der Waals surface area contributed by atoms with Crippen LogP contribution in [0.25, 0.3) is 0 Å². The number of hydrogen-bond acceptors (Lipinski definition) is 4. The van der Waals surface area contributed by atoms with Crippen LogP contribution in [0.3, 0.4) is 0 Å². The highest BCUT2D eigenvalue weighted by Gasteiger charge is 2.11. The highest BCUT2D eigenvalue weighted by Crippen LogP contribution is 2.23. The summed E-state index contributed by atoms with van der Waals surface area (Å²) >= 11 is 5.97. The lowest BCUT2D eigenvalue weighted by molar-refractivity contribution is -0.385. The number of amides is 1. The van der Waals surface area contributed by atoms with Crippen LogP contribution in [-0.4, -0.2) is 20.6 Å². The van der Waals surface area contributed by atoms with E-state index in [4.69, 9.17) is 11.6 Å². The summed E-state index contributed by atoms with van der Waals surface area (Å²) in [5.41, 5.74) is 1.35. The molecule has 2 aromatic rings. The van der Waals surface area contributed by atoms with E-state index in [0.717, 1.165) is 11.8 Å². The number of nitro groups is 1. The van der Waals surface area contributed by atoms with Crippen molar-refractivity contribution >= 4 is 28.9 Å². The third-order valence-corrected chi connectivity index (χ3v) is 3.35. The molecule has 0 saturated heterocycles. The summed E-state index contributed by atoms with van der Waals surface area (Å²) in [6.07, 6.45) is 2.60. The van der Waals surface area contributed by atoms with Crippen molar-refractivity contribution in [1.29, 1.82) is 0 Å². The van der Waals surface area contributed by atoms with Crippen LogP contribution in [0.15, 0.2) is 30.6 Å². The molecule has 0 unspecified atom stereocenters. The van der Waals surface area contributed by atoms with Gasteiger partial charge in [-0.3, -0.25) is 19.6 Å².